The number of aromatic nitrogens is 1. The summed E-state index contributed by atoms with van der Waals surface area (Å²) in [4.78, 5) is 1.60. The zero-order valence-corrected chi connectivity index (χ0v) is 15.9. The van der Waals surface area contributed by atoms with Crippen molar-refractivity contribution in [2.45, 2.75) is 64.8 Å². The van der Waals surface area contributed by atoms with Crippen LogP contribution in [0.1, 0.15) is 49.6 Å². The third-order valence-electron chi connectivity index (χ3n) is 6.14. The Hall–Kier alpha value is -1.36. The molecule has 2 heterocycles. The fraction of sp³-hybridized carbons (Fsp3) is 0.619. The van der Waals surface area contributed by atoms with Crippen molar-refractivity contribution in [3.63, 3.8) is 0 Å². The summed E-state index contributed by atoms with van der Waals surface area (Å²) < 4.78 is 2.59. The van der Waals surface area contributed by atoms with Gasteiger partial charge in [-0.25, -0.2) is 0 Å². The monoisotopic (exact) mass is 343 g/mol. The maximum Gasteiger partial charge on any atom is 0.151 e. The highest BCUT2D eigenvalue weighted by molar-refractivity contribution is 5.86. The van der Waals surface area contributed by atoms with Crippen LogP contribution in [0.25, 0.3) is 10.9 Å². The molecule has 25 heavy (non-hydrogen) atoms. The Kier molecular flexibility index (Phi) is 4.61. The largest absolute Gasteiger partial charge is 0.382 e. The summed E-state index contributed by atoms with van der Waals surface area (Å²) in [6, 6.07) is 8.07. The average Bonchev–Trinajstić information content (AvgIpc) is 2.90. The van der Waals surface area contributed by atoms with Crippen LogP contribution in [0.15, 0.2) is 18.2 Å². The Morgan fingerprint density at radius 3 is 3.00 bits per heavy atom. The summed E-state index contributed by atoms with van der Waals surface area (Å²) in [7, 11) is 0. The van der Waals surface area contributed by atoms with E-state index in [2.05, 4.69) is 48.9 Å². The average molecular weight is 344 g/mol. The molecular weight excluding hydrogens is 310 g/mol. The van der Waals surface area contributed by atoms with E-state index in [0.717, 1.165) is 26.2 Å². The predicted octanol–water partition coefficient (Wildman–Crippen LogP) is 0.558. The van der Waals surface area contributed by atoms with Crippen molar-refractivity contribution in [2.24, 2.45) is 0 Å². The van der Waals surface area contributed by atoms with E-state index in [9.17, 15) is 5.11 Å². The van der Waals surface area contributed by atoms with E-state index in [-0.39, 0.29) is 6.10 Å². The Labute approximate surface area is 150 Å². The molecule has 0 radical (unpaired) electrons. The number of aryl methyl sites for hydroxylation is 2. The van der Waals surface area contributed by atoms with Crippen molar-refractivity contribution in [2.75, 3.05) is 19.6 Å². The van der Waals surface area contributed by atoms with Gasteiger partial charge in [0.15, 0.2) is 6.10 Å². The second-order valence-electron chi connectivity index (χ2n) is 8.46. The number of aliphatic hydroxyl groups excluding tert-OH is 1. The zero-order chi connectivity index (χ0) is 17.6. The van der Waals surface area contributed by atoms with Crippen LogP contribution < -0.4 is 10.2 Å². The van der Waals surface area contributed by atoms with Gasteiger partial charge in [-0.3, -0.25) is 0 Å². The van der Waals surface area contributed by atoms with E-state index in [1.807, 2.05) is 0 Å². The normalized spacial score (nSPS) is 23.9. The molecule has 1 aromatic heterocycles. The van der Waals surface area contributed by atoms with Gasteiger partial charge in [-0.05, 0) is 51.3 Å². The number of nitrogens with zero attached hydrogens (tertiary/aromatic N) is 1. The van der Waals surface area contributed by atoms with Crippen LogP contribution in [0, 0.1) is 6.92 Å². The number of hydrogen-bond acceptors (Lipinski definition) is 1. The van der Waals surface area contributed by atoms with E-state index in [0.29, 0.717) is 12.1 Å². The van der Waals surface area contributed by atoms with Crippen molar-refractivity contribution < 1.29 is 15.3 Å². The minimum atomic E-state index is -0.207. The van der Waals surface area contributed by atoms with Crippen molar-refractivity contribution in [3.8, 4) is 0 Å². The fourth-order valence-electron chi connectivity index (χ4n) is 4.97. The van der Waals surface area contributed by atoms with E-state index < -0.39 is 0 Å². The zero-order valence-electron chi connectivity index (χ0n) is 15.9. The molecular formula is C21H33N3O+2. The van der Waals surface area contributed by atoms with Crippen LogP contribution in [-0.2, 0) is 13.0 Å². The first-order valence-corrected chi connectivity index (χ1v) is 10.0. The minimum absolute atomic E-state index is 0.207. The molecule has 2 aliphatic rings. The quantitative estimate of drug-likeness (QED) is 0.730. The summed E-state index contributed by atoms with van der Waals surface area (Å²) in [6.45, 7) is 10.5. The number of nitrogens with two attached hydrogens (primary N) is 1. The molecule has 1 aliphatic carbocycles. The standard InChI is InChI=1S/C21H31N3O/c1-14(2)22-12-16(25)13-23-9-10-24-19-8-7-15(3)11-18(19)17-5-4-6-20(23)21(17)24/h7-8,11,14,16,20,22,25H,4-6,9-10,12-13H2,1-3H3/p+2/t16-,20-/m1/s1. The summed E-state index contributed by atoms with van der Waals surface area (Å²) >= 11 is 0. The molecule has 0 fully saturated rings. The van der Waals surface area contributed by atoms with Gasteiger partial charge in [0.2, 0.25) is 0 Å². The number of rotatable bonds is 5. The number of aliphatic hydroxyl groups is 1. The molecule has 2 aromatic rings. The van der Waals surface area contributed by atoms with E-state index in [1.165, 1.54) is 35.7 Å². The Morgan fingerprint density at radius 1 is 1.36 bits per heavy atom. The van der Waals surface area contributed by atoms with Crippen LogP contribution in [-0.4, -0.2) is 41.5 Å². The Morgan fingerprint density at radius 2 is 2.20 bits per heavy atom. The number of benzene rings is 1. The highest BCUT2D eigenvalue weighted by Crippen LogP contribution is 2.37. The van der Waals surface area contributed by atoms with Gasteiger partial charge in [-0.1, -0.05) is 11.6 Å². The van der Waals surface area contributed by atoms with Gasteiger partial charge < -0.3 is 19.9 Å². The Bertz CT molecular complexity index is 764. The topological polar surface area (TPSA) is 46.2 Å². The van der Waals surface area contributed by atoms with Crippen molar-refractivity contribution >= 4 is 10.9 Å². The number of hydrogen-bond donors (Lipinski definition) is 3. The second-order valence-corrected chi connectivity index (χ2v) is 8.46. The van der Waals surface area contributed by atoms with Gasteiger partial charge in [-0.15, -0.1) is 0 Å². The van der Waals surface area contributed by atoms with Crippen LogP contribution in [0.2, 0.25) is 0 Å². The van der Waals surface area contributed by atoms with Crippen LogP contribution >= 0.6 is 0 Å². The molecule has 136 valence electrons. The second kappa shape index (κ2) is 6.75. The maximum atomic E-state index is 10.5. The van der Waals surface area contributed by atoms with Gasteiger partial charge in [0.1, 0.15) is 19.1 Å². The highest BCUT2D eigenvalue weighted by atomic mass is 16.3. The predicted molar refractivity (Wildman–Crippen MR) is 101 cm³/mol. The van der Waals surface area contributed by atoms with Gasteiger partial charge in [0, 0.05) is 17.3 Å². The van der Waals surface area contributed by atoms with E-state index in [4.69, 9.17) is 0 Å². The lowest BCUT2D eigenvalue weighted by molar-refractivity contribution is -0.941. The summed E-state index contributed by atoms with van der Waals surface area (Å²) in [5.74, 6) is 0. The fourth-order valence-corrected chi connectivity index (χ4v) is 4.97. The van der Waals surface area contributed by atoms with Gasteiger partial charge in [0.25, 0.3) is 0 Å². The third kappa shape index (κ3) is 3.12. The molecule has 0 saturated carbocycles. The lowest BCUT2D eigenvalue weighted by Gasteiger charge is -2.37. The molecule has 0 saturated heterocycles. The lowest BCUT2D eigenvalue weighted by Crippen LogP contribution is -3.15. The van der Waals surface area contributed by atoms with Crippen LogP contribution in [0.4, 0.5) is 0 Å². The molecule has 4 N–H and O–H groups in total. The molecule has 0 bridgehead atoms. The van der Waals surface area contributed by atoms with Gasteiger partial charge >= 0.3 is 0 Å². The number of fused-ring (bicyclic) bond motifs is 3. The van der Waals surface area contributed by atoms with Crippen molar-refractivity contribution in [3.05, 3.63) is 35.0 Å². The Balaban J connectivity index is 1.62. The van der Waals surface area contributed by atoms with E-state index >= 15 is 0 Å². The molecule has 4 heteroatoms. The third-order valence-corrected chi connectivity index (χ3v) is 6.14. The van der Waals surface area contributed by atoms with Crippen molar-refractivity contribution in [1.82, 2.24) is 4.57 Å². The molecule has 4 rings (SSSR count). The van der Waals surface area contributed by atoms with Crippen LogP contribution in [0.5, 0.6) is 0 Å². The number of quaternary nitrogens is 2. The molecule has 0 amide bonds. The molecule has 1 unspecified atom stereocenters. The maximum absolute atomic E-state index is 10.5. The summed E-state index contributed by atoms with van der Waals surface area (Å²) in [5, 5.41) is 14.2. The van der Waals surface area contributed by atoms with Crippen molar-refractivity contribution in [1.29, 1.82) is 0 Å². The SMILES string of the molecule is Cc1ccc2c(c1)c1c3n2CC[NH+](C[C@H](O)C[NH2+]C(C)C)[C@@H]3CCC1. The highest BCUT2D eigenvalue weighted by Gasteiger charge is 2.38. The smallest absolute Gasteiger partial charge is 0.151 e. The number of nitrogens with one attached hydrogen (secondary N) is 1. The molecule has 3 atom stereocenters. The summed E-state index contributed by atoms with van der Waals surface area (Å²) in [5.41, 5.74) is 5.96. The molecule has 1 aromatic carbocycles. The minimum Gasteiger partial charge on any atom is -0.382 e. The first kappa shape index (κ1) is 17.1. The van der Waals surface area contributed by atoms with Crippen LogP contribution in [0.3, 0.4) is 0 Å². The lowest BCUT2D eigenvalue weighted by atomic mass is 9.89. The molecule has 4 nitrogen and oxygen atoms in total. The van der Waals surface area contributed by atoms with E-state index in [1.54, 1.807) is 16.2 Å². The van der Waals surface area contributed by atoms with Gasteiger partial charge in [-0.2, -0.15) is 0 Å². The van der Waals surface area contributed by atoms with Gasteiger partial charge in [0.05, 0.1) is 24.8 Å². The molecule has 0 spiro atoms. The molecule has 1 aliphatic heterocycles. The first-order valence-electron chi connectivity index (χ1n) is 10.0. The summed E-state index contributed by atoms with van der Waals surface area (Å²) in [6.07, 6.45) is 3.55. The first-order chi connectivity index (χ1) is 12.0.